The second-order valence-electron chi connectivity index (χ2n) is 3.13. The summed E-state index contributed by atoms with van der Waals surface area (Å²) in [4.78, 5) is 4.19. The highest BCUT2D eigenvalue weighted by molar-refractivity contribution is 7.91. The lowest BCUT2D eigenvalue weighted by atomic mass is 10.2. The standard InChI is InChI=1S/C10H9NO2S/c1-14(12,13)10-7-11-6-8-4-2-3-5-9(8)10/h2-7H,1H3. The van der Waals surface area contributed by atoms with Gasteiger partial charge in [-0.15, -0.1) is 0 Å². The zero-order valence-corrected chi connectivity index (χ0v) is 8.45. The van der Waals surface area contributed by atoms with E-state index in [0.717, 1.165) is 10.8 Å². The molecule has 0 aliphatic heterocycles. The van der Waals surface area contributed by atoms with Crippen LogP contribution in [0, 0.1) is 0 Å². The van der Waals surface area contributed by atoms with Crippen molar-refractivity contribution in [2.75, 3.05) is 6.26 Å². The van der Waals surface area contributed by atoms with Gasteiger partial charge in [-0.3, -0.25) is 4.98 Å². The minimum Gasteiger partial charge on any atom is -0.263 e. The Morgan fingerprint density at radius 1 is 1.14 bits per heavy atom. The summed E-state index contributed by atoms with van der Waals surface area (Å²) < 4.78 is 22.8. The molecule has 0 spiro atoms. The SMILES string of the molecule is CS(=O)(=O)c1cncc2ccccc12. The van der Waals surface area contributed by atoms with Gasteiger partial charge in [0.2, 0.25) is 0 Å². The van der Waals surface area contributed by atoms with Gasteiger partial charge in [-0.25, -0.2) is 8.42 Å². The summed E-state index contributed by atoms with van der Waals surface area (Å²) in [5.74, 6) is 0. The average Bonchev–Trinajstić information content (AvgIpc) is 2.15. The van der Waals surface area contributed by atoms with Gasteiger partial charge in [0.05, 0.1) is 4.90 Å². The van der Waals surface area contributed by atoms with E-state index in [4.69, 9.17) is 0 Å². The molecular formula is C10H9NO2S. The van der Waals surface area contributed by atoms with Crippen molar-refractivity contribution < 1.29 is 8.42 Å². The summed E-state index contributed by atoms with van der Waals surface area (Å²) in [5, 5.41) is 1.57. The van der Waals surface area contributed by atoms with E-state index in [2.05, 4.69) is 4.98 Å². The van der Waals surface area contributed by atoms with Crippen LogP contribution in [0.1, 0.15) is 0 Å². The summed E-state index contributed by atoms with van der Waals surface area (Å²) in [6, 6.07) is 7.30. The Kier molecular flexibility index (Phi) is 2.00. The molecule has 0 aliphatic rings. The van der Waals surface area contributed by atoms with Crippen molar-refractivity contribution in [2.45, 2.75) is 4.90 Å². The Morgan fingerprint density at radius 3 is 2.57 bits per heavy atom. The molecule has 4 heteroatoms. The topological polar surface area (TPSA) is 47.0 Å². The third-order valence-corrected chi connectivity index (χ3v) is 3.16. The maximum absolute atomic E-state index is 11.4. The van der Waals surface area contributed by atoms with Gasteiger partial charge in [-0.05, 0) is 0 Å². The molecule has 14 heavy (non-hydrogen) atoms. The van der Waals surface area contributed by atoms with Gasteiger partial charge in [0.1, 0.15) is 0 Å². The van der Waals surface area contributed by atoms with Gasteiger partial charge in [0.15, 0.2) is 9.84 Å². The van der Waals surface area contributed by atoms with Crippen molar-refractivity contribution in [2.24, 2.45) is 0 Å². The van der Waals surface area contributed by atoms with E-state index < -0.39 is 9.84 Å². The number of fused-ring (bicyclic) bond motifs is 1. The summed E-state index contributed by atoms with van der Waals surface area (Å²) in [6.07, 6.45) is 4.23. The molecule has 0 atom stereocenters. The number of aromatic nitrogens is 1. The van der Waals surface area contributed by atoms with Crippen LogP contribution >= 0.6 is 0 Å². The lowest BCUT2D eigenvalue weighted by Gasteiger charge is -2.02. The number of rotatable bonds is 1. The molecule has 0 bridgehead atoms. The van der Waals surface area contributed by atoms with E-state index in [1.807, 2.05) is 18.2 Å². The zero-order chi connectivity index (χ0) is 10.2. The molecule has 0 fully saturated rings. The summed E-state index contributed by atoms with van der Waals surface area (Å²) >= 11 is 0. The molecule has 2 rings (SSSR count). The van der Waals surface area contributed by atoms with Crippen LogP contribution in [-0.4, -0.2) is 19.7 Å². The minimum absolute atomic E-state index is 0.288. The van der Waals surface area contributed by atoms with Crippen molar-refractivity contribution in [3.63, 3.8) is 0 Å². The number of sulfone groups is 1. The second-order valence-corrected chi connectivity index (χ2v) is 5.12. The Labute approximate surface area is 82.3 Å². The second kappa shape index (κ2) is 3.06. The lowest BCUT2D eigenvalue weighted by Crippen LogP contribution is -1.98. The molecule has 0 aliphatic carbocycles. The van der Waals surface area contributed by atoms with Crippen molar-refractivity contribution >= 4 is 20.6 Å². The molecule has 0 amide bonds. The Bertz CT molecular complexity index is 570. The molecule has 0 radical (unpaired) electrons. The first-order valence-electron chi connectivity index (χ1n) is 4.12. The van der Waals surface area contributed by atoms with Gasteiger partial charge < -0.3 is 0 Å². The van der Waals surface area contributed by atoms with Crippen molar-refractivity contribution in [1.29, 1.82) is 0 Å². The van der Waals surface area contributed by atoms with Crippen LogP contribution in [0.2, 0.25) is 0 Å². The quantitative estimate of drug-likeness (QED) is 0.714. The van der Waals surface area contributed by atoms with E-state index in [1.54, 1.807) is 12.3 Å². The summed E-state index contributed by atoms with van der Waals surface area (Å²) in [7, 11) is -3.19. The molecule has 3 nitrogen and oxygen atoms in total. The van der Waals surface area contributed by atoms with Crippen LogP contribution in [0.3, 0.4) is 0 Å². The van der Waals surface area contributed by atoms with Crippen LogP contribution in [0.4, 0.5) is 0 Å². The molecule has 2 aromatic rings. The predicted octanol–water partition coefficient (Wildman–Crippen LogP) is 1.64. The largest absolute Gasteiger partial charge is 0.263 e. The predicted molar refractivity (Wildman–Crippen MR) is 54.9 cm³/mol. The van der Waals surface area contributed by atoms with Crippen molar-refractivity contribution in [3.05, 3.63) is 36.7 Å². The Morgan fingerprint density at radius 2 is 1.86 bits per heavy atom. The van der Waals surface area contributed by atoms with E-state index >= 15 is 0 Å². The highest BCUT2D eigenvalue weighted by atomic mass is 32.2. The fraction of sp³-hybridized carbons (Fsp3) is 0.100. The fourth-order valence-electron chi connectivity index (χ4n) is 1.38. The summed E-state index contributed by atoms with van der Waals surface area (Å²) in [6.45, 7) is 0. The van der Waals surface area contributed by atoms with Crippen LogP contribution < -0.4 is 0 Å². The number of hydrogen-bond donors (Lipinski definition) is 0. The van der Waals surface area contributed by atoms with E-state index in [1.165, 1.54) is 12.5 Å². The van der Waals surface area contributed by atoms with Gasteiger partial charge in [-0.2, -0.15) is 0 Å². The van der Waals surface area contributed by atoms with Gasteiger partial charge >= 0.3 is 0 Å². The first kappa shape index (κ1) is 9.15. The van der Waals surface area contributed by atoms with E-state index in [9.17, 15) is 8.42 Å². The minimum atomic E-state index is -3.19. The van der Waals surface area contributed by atoms with Crippen LogP contribution in [0.25, 0.3) is 10.8 Å². The van der Waals surface area contributed by atoms with Crippen molar-refractivity contribution in [1.82, 2.24) is 4.98 Å². The zero-order valence-electron chi connectivity index (χ0n) is 7.64. The lowest BCUT2D eigenvalue weighted by molar-refractivity contribution is 0.602. The third-order valence-electron chi connectivity index (χ3n) is 2.03. The fourth-order valence-corrected chi connectivity index (χ4v) is 2.22. The Hall–Kier alpha value is -1.42. The van der Waals surface area contributed by atoms with E-state index in [0.29, 0.717) is 0 Å². The monoisotopic (exact) mass is 207 g/mol. The summed E-state index contributed by atoms with van der Waals surface area (Å²) in [5.41, 5.74) is 0. The molecular weight excluding hydrogens is 198 g/mol. The number of pyridine rings is 1. The van der Waals surface area contributed by atoms with Gasteiger partial charge in [0.25, 0.3) is 0 Å². The van der Waals surface area contributed by atoms with Crippen LogP contribution in [-0.2, 0) is 9.84 Å². The number of nitrogens with zero attached hydrogens (tertiary/aromatic N) is 1. The average molecular weight is 207 g/mol. The van der Waals surface area contributed by atoms with Crippen LogP contribution in [0.5, 0.6) is 0 Å². The van der Waals surface area contributed by atoms with Crippen molar-refractivity contribution in [3.8, 4) is 0 Å². The van der Waals surface area contributed by atoms with Crippen LogP contribution in [0.15, 0.2) is 41.6 Å². The molecule has 0 saturated heterocycles. The first-order valence-corrected chi connectivity index (χ1v) is 6.01. The molecule has 0 saturated carbocycles. The number of benzene rings is 1. The molecule has 1 aromatic carbocycles. The molecule has 72 valence electrons. The molecule has 0 unspecified atom stereocenters. The van der Waals surface area contributed by atoms with Gasteiger partial charge in [0, 0.05) is 29.4 Å². The molecule has 1 aromatic heterocycles. The first-order chi connectivity index (χ1) is 6.59. The smallest absolute Gasteiger partial charge is 0.177 e. The highest BCUT2D eigenvalue weighted by Gasteiger charge is 2.10. The van der Waals surface area contributed by atoms with Gasteiger partial charge in [-0.1, -0.05) is 24.3 Å². The molecule has 0 N–H and O–H groups in total. The highest BCUT2D eigenvalue weighted by Crippen LogP contribution is 2.20. The Balaban J connectivity index is 2.92. The maximum Gasteiger partial charge on any atom is 0.177 e. The number of hydrogen-bond acceptors (Lipinski definition) is 3. The molecule has 1 heterocycles. The third kappa shape index (κ3) is 1.48. The normalized spacial score (nSPS) is 11.8. The maximum atomic E-state index is 11.4. The van der Waals surface area contributed by atoms with E-state index in [-0.39, 0.29) is 4.90 Å².